The van der Waals surface area contributed by atoms with Crippen LogP contribution in [-0.2, 0) is 6.54 Å². The lowest BCUT2D eigenvalue weighted by atomic mass is 10.1. The topological polar surface area (TPSA) is 75.2 Å². The van der Waals surface area contributed by atoms with Gasteiger partial charge in [-0.05, 0) is 20.4 Å². The van der Waals surface area contributed by atoms with Crippen LogP contribution in [0.3, 0.4) is 0 Å². The lowest BCUT2D eigenvalue weighted by molar-refractivity contribution is 0.283. The van der Waals surface area contributed by atoms with Gasteiger partial charge in [-0.2, -0.15) is 0 Å². The van der Waals surface area contributed by atoms with Gasteiger partial charge in [-0.3, -0.25) is 15.3 Å². The second kappa shape index (κ2) is 7.09. The monoisotopic (exact) mass is 264 g/mol. The second-order valence-corrected chi connectivity index (χ2v) is 4.69. The molecular weight excluding hydrogens is 240 g/mol. The molecule has 1 aromatic rings. The number of methoxy groups -OCH3 is 1. The highest BCUT2D eigenvalue weighted by Crippen LogP contribution is 2.24. The summed E-state index contributed by atoms with van der Waals surface area (Å²) in [6.07, 6.45) is 2.44. The van der Waals surface area contributed by atoms with E-state index in [9.17, 15) is 0 Å². The van der Waals surface area contributed by atoms with Crippen molar-refractivity contribution in [1.82, 2.24) is 9.88 Å². The maximum atomic E-state index is 7.29. The summed E-state index contributed by atoms with van der Waals surface area (Å²) in [5.74, 6) is 1.14. The maximum Gasteiger partial charge on any atom is 0.128 e. The number of amidine groups is 1. The van der Waals surface area contributed by atoms with Gasteiger partial charge in [0.05, 0.1) is 18.6 Å². The molecule has 0 amide bonds. The summed E-state index contributed by atoms with van der Waals surface area (Å²) in [5.41, 5.74) is 8.56. The molecule has 1 rings (SSSR count). The Bertz CT molecular complexity index is 445. The standard InChI is InChI=1S/C14H24N4O/c1-5-18(7-6-13(15)16)9-12-11(3)14(19-4)10(2)8-17-12/h8H,5-7,9H2,1-4H3,(H3,15,16). The van der Waals surface area contributed by atoms with Crippen LogP contribution in [0.5, 0.6) is 5.75 Å². The fourth-order valence-corrected chi connectivity index (χ4v) is 2.07. The van der Waals surface area contributed by atoms with E-state index in [1.54, 1.807) is 7.11 Å². The molecule has 106 valence electrons. The van der Waals surface area contributed by atoms with Gasteiger partial charge in [0.15, 0.2) is 0 Å². The Kier molecular flexibility index (Phi) is 5.76. The number of ether oxygens (including phenoxy) is 1. The zero-order chi connectivity index (χ0) is 14.4. The third-order valence-electron chi connectivity index (χ3n) is 3.27. The number of aryl methyl sites for hydroxylation is 1. The highest BCUT2D eigenvalue weighted by atomic mass is 16.5. The highest BCUT2D eigenvalue weighted by molar-refractivity contribution is 5.76. The summed E-state index contributed by atoms with van der Waals surface area (Å²) in [5, 5.41) is 7.29. The molecule has 0 aliphatic carbocycles. The number of rotatable bonds is 7. The first-order valence-electron chi connectivity index (χ1n) is 6.53. The number of hydrogen-bond acceptors (Lipinski definition) is 4. The fourth-order valence-electron chi connectivity index (χ4n) is 2.07. The van der Waals surface area contributed by atoms with E-state index in [1.807, 2.05) is 20.0 Å². The third kappa shape index (κ3) is 4.21. The SMILES string of the molecule is CCN(CCC(=N)N)Cc1ncc(C)c(OC)c1C. The fraction of sp³-hybridized carbons (Fsp3) is 0.571. The Morgan fingerprint density at radius 1 is 1.47 bits per heavy atom. The molecule has 0 spiro atoms. The molecule has 0 unspecified atom stereocenters. The molecule has 0 radical (unpaired) electrons. The van der Waals surface area contributed by atoms with Crippen LogP contribution in [0, 0.1) is 19.3 Å². The number of nitrogens with two attached hydrogens (primary N) is 1. The minimum Gasteiger partial charge on any atom is -0.496 e. The van der Waals surface area contributed by atoms with Crippen molar-refractivity contribution >= 4 is 5.84 Å². The van der Waals surface area contributed by atoms with Gasteiger partial charge >= 0.3 is 0 Å². The Labute approximate surface area is 115 Å². The molecule has 0 saturated carbocycles. The summed E-state index contributed by atoms with van der Waals surface area (Å²) >= 11 is 0. The van der Waals surface area contributed by atoms with Gasteiger partial charge in [-0.25, -0.2) is 0 Å². The number of nitrogens with zero attached hydrogens (tertiary/aromatic N) is 2. The van der Waals surface area contributed by atoms with E-state index in [0.29, 0.717) is 6.42 Å². The zero-order valence-corrected chi connectivity index (χ0v) is 12.3. The summed E-state index contributed by atoms with van der Waals surface area (Å²) in [6, 6.07) is 0. The van der Waals surface area contributed by atoms with Gasteiger partial charge < -0.3 is 10.5 Å². The molecule has 0 fully saturated rings. The average molecular weight is 264 g/mol. The van der Waals surface area contributed by atoms with Crippen molar-refractivity contribution in [2.75, 3.05) is 20.2 Å². The summed E-state index contributed by atoms with van der Waals surface area (Å²) < 4.78 is 5.42. The number of pyridine rings is 1. The summed E-state index contributed by atoms with van der Waals surface area (Å²) in [4.78, 5) is 6.72. The second-order valence-electron chi connectivity index (χ2n) is 4.69. The maximum absolute atomic E-state index is 7.29. The van der Waals surface area contributed by atoms with Crippen LogP contribution in [-0.4, -0.2) is 35.9 Å². The minimum atomic E-state index is 0.226. The first-order valence-corrected chi connectivity index (χ1v) is 6.53. The number of nitrogens with one attached hydrogen (secondary N) is 1. The molecule has 0 aromatic carbocycles. The Hall–Kier alpha value is -1.62. The molecule has 1 aromatic heterocycles. The van der Waals surface area contributed by atoms with Gasteiger partial charge in [-0.15, -0.1) is 0 Å². The quantitative estimate of drug-likeness (QED) is 0.582. The third-order valence-corrected chi connectivity index (χ3v) is 3.27. The lowest BCUT2D eigenvalue weighted by Crippen LogP contribution is -2.28. The van der Waals surface area contributed by atoms with Gasteiger partial charge in [0.1, 0.15) is 5.75 Å². The molecule has 1 heterocycles. The van der Waals surface area contributed by atoms with Crippen LogP contribution in [0.25, 0.3) is 0 Å². The van der Waals surface area contributed by atoms with E-state index in [-0.39, 0.29) is 5.84 Å². The molecule has 3 N–H and O–H groups in total. The van der Waals surface area contributed by atoms with Crippen molar-refractivity contribution in [3.8, 4) is 5.75 Å². The van der Waals surface area contributed by atoms with E-state index >= 15 is 0 Å². The molecule has 5 heteroatoms. The molecule has 0 atom stereocenters. The van der Waals surface area contributed by atoms with Crippen molar-refractivity contribution in [2.45, 2.75) is 33.7 Å². The van der Waals surface area contributed by atoms with Crippen molar-refractivity contribution < 1.29 is 4.74 Å². The molecule has 0 aliphatic heterocycles. The van der Waals surface area contributed by atoms with Crippen LogP contribution >= 0.6 is 0 Å². The Morgan fingerprint density at radius 3 is 2.68 bits per heavy atom. The Balaban J connectivity index is 2.82. The van der Waals surface area contributed by atoms with E-state index in [1.165, 1.54) is 0 Å². The zero-order valence-electron chi connectivity index (χ0n) is 12.3. The largest absolute Gasteiger partial charge is 0.496 e. The predicted octanol–water partition coefficient (Wildman–Crippen LogP) is 1.86. The molecule has 0 saturated heterocycles. The number of hydrogen-bond donors (Lipinski definition) is 2. The van der Waals surface area contributed by atoms with Crippen molar-refractivity contribution in [2.24, 2.45) is 5.73 Å². The number of aromatic nitrogens is 1. The molecule has 0 aliphatic rings. The van der Waals surface area contributed by atoms with Crippen LogP contribution < -0.4 is 10.5 Å². The van der Waals surface area contributed by atoms with E-state index in [4.69, 9.17) is 15.9 Å². The van der Waals surface area contributed by atoms with Crippen LogP contribution in [0.2, 0.25) is 0 Å². The van der Waals surface area contributed by atoms with E-state index in [2.05, 4.69) is 16.8 Å². The lowest BCUT2D eigenvalue weighted by Gasteiger charge is -2.21. The normalized spacial score (nSPS) is 10.8. The van der Waals surface area contributed by atoms with E-state index in [0.717, 1.165) is 42.2 Å². The smallest absolute Gasteiger partial charge is 0.128 e. The van der Waals surface area contributed by atoms with Gasteiger partial charge in [0.25, 0.3) is 0 Å². The van der Waals surface area contributed by atoms with Gasteiger partial charge in [0.2, 0.25) is 0 Å². The van der Waals surface area contributed by atoms with Crippen molar-refractivity contribution in [3.63, 3.8) is 0 Å². The van der Waals surface area contributed by atoms with Gasteiger partial charge in [-0.1, -0.05) is 6.92 Å². The van der Waals surface area contributed by atoms with E-state index < -0.39 is 0 Å². The minimum absolute atomic E-state index is 0.226. The first kappa shape index (κ1) is 15.4. The first-order chi connectivity index (χ1) is 8.99. The van der Waals surface area contributed by atoms with Crippen molar-refractivity contribution in [3.05, 3.63) is 23.0 Å². The van der Waals surface area contributed by atoms with Gasteiger partial charge in [0, 0.05) is 36.8 Å². The molecular formula is C14H24N4O. The average Bonchev–Trinajstić information content (AvgIpc) is 2.37. The summed E-state index contributed by atoms with van der Waals surface area (Å²) in [7, 11) is 1.69. The predicted molar refractivity (Wildman–Crippen MR) is 77.7 cm³/mol. The molecule has 5 nitrogen and oxygen atoms in total. The highest BCUT2D eigenvalue weighted by Gasteiger charge is 2.12. The molecule has 0 bridgehead atoms. The summed E-state index contributed by atoms with van der Waals surface area (Å²) in [6.45, 7) is 8.57. The van der Waals surface area contributed by atoms with Crippen LogP contribution in [0.1, 0.15) is 30.2 Å². The van der Waals surface area contributed by atoms with Crippen molar-refractivity contribution in [1.29, 1.82) is 5.41 Å². The Morgan fingerprint density at radius 2 is 2.16 bits per heavy atom. The molecule has 19 heavy (non-hydrogen) atoms. The van der Waals surface area contributed by atoms with Crippen LogP contribution in [0.4, 0.5) is 0 Å². The van der Waals surface area contributed by atoms with Crippen LogP contribution in [0.15, 0.2) is 6.20 Å².